The van der Waals surface area contributed by atoms with Gasteiger partial charge in [0.1, 0.15) is 10.4 Å². The lowest BCUT2D eigenvalue weighted by Crippen LogP contribution is -2.29. The van der Waals surface area contributed by atoms with Crippen LogP contribution < -0.4 is 0 Å². The molecule has 0 aliphatic rings. The Morgan fingerprint density at radius 2 is 1.81 bits per heavy atom. The molecule has 0 atom stereocenters. The number of hydrogen-bond acceptors (Lipinski definition) is 3. The third kappa shape index (κ3) is 4.21. The Kier molecular flexibility index (Phi) is 3.77. The molecule has 0 radical (unpaired) electrons. The van der Waals surface area contributed by atoms with Crippen molar-refractivity contribution in [3.63, 3.8) is 0 Å². The first kappa shape index (κ1) is 12.4. The lowest BCUT2D eigenvalue weighted by molar-refractivity contribution is -0.487. The molecule has 1 aromatic rings. The Bertz CT molecular complexity index is 379. The van der Waals surface area contributed by atoms with Gasteiger partial charge in [-0.25, -0.2) is 0 Å². The van der Waals surface area contributed by atoms with E-state index in [0.717, 1.165) is 5.56 Å². The van der Waals surface area contributed by atoms with Crippen molar-refractivity contribution in [2.45, 2.75) is 32.9 Å². The van der Waals surface area contributed by atoms with E-state index >= 15 is 0 Å². The highest BCUT2D eigenvalue weighted by molar-refractivity contribution is 5.57. The highest BCUT2D eigenvalue weighted by Gasteiger charge is 2.30. The van der Waals surface area contributed by atoms with Crippen LogP contribution in [0.15, 0.2) is 30.3 Å². The fourth-order valence-electron chi connectivity index (χ4n) is 1.13. The Hall–Kier alpha value is -1.71. The molecule has 0 aliphatic carbocycles. The SMILES string of the molecule is CC(C)(C)OC(=O)[N+](=O)Cc1ccccc1. The number of nitroso groups, excluding NO2 is 1. The summed E-state index contributed by atoms with van der Waals surface area (Å²) in [6.45, 7) is 5.18. The number of nitrogens with zero attached hydrogens (tertiary/aromatic N) is 1. The van der Waals surface area contributed by atoms with Gasteiger partial charge in [-0.05, 0) is 20.8 Å². The maximum Gasteiger partial charge on any atom is 0.645 e. The summed E-state index contributed by atoms with van der Waals surface area (Å²) >= 11 is 0. The minimum Gasteiger partial charge on any atom is -0.403 e. The molecule has 0 aliphatic heterocycles. The van der Waals surface area contributed by atoms with Crippen molar-refractivity contribution in [1.29, 1.82) is 0 Å². The summed E-state index contributed by atoms with van der Waals surface area (Å²) in [6.07, 6.45) is -0.851. The third-order valence-electron chi connectivity index (χ3n) is 1.77. The summed E-state index contributed by atoms with van der Waals surface area (Å²) in [7, 11) is 0. The molecule has 0 spiro atoms. The monoisotopic (exact) mass is 222 g/mol. The van der Waals surface area contributed by atoms with Gasteiger partial charge in [0.05, 0.1) is 0 Å². The highest BCUT2D eigenvalue weighted by atomic mass is 16.6. The molecule has 0 saturated heterocycles. The predicted molar refractivity (Wildman–Crippen MR) is 60.0 cm³/mol. The topological polar surface area (TPSA) is 46.4 Å². The summed E-state index contributed by atoms with van der Waals surface area (Å²) in [5.41, 5.74) is 0.138. The van der Waals surface area contributed by atoms with Crippen LogP contribution in [0.25, 0.3) is 0 Å². The molecule has 0 unspecified atom stereocenters. The van der Waals surface area contributed by atoms with Crippen LogP contribution in [0, 0.1) is 4.91 Å². The van der Waals surface area contributed by atoms with Crippen LogP contribution in [-0.2, 0) is 11.3 Å². The maximum absolute atomic E-state index is 11.4. The van der Waals surface area contributed by atoms with Crippen LogP contribution in [0.4, 0.5) is 4.79 Å². The van der Waals surface area contributed by atoms with Gasteiger partial charge in [0.2, 0.25) is 6.54 Å². The molecule has 1 amide bonds. The number of amides is 1. The molecule has 0 bridgehead atoms. The standard InChI is InChI=1S/C12H16NO3/c1-12(2,3)16-11(14)13(15)9-10-7-5-4-6-8-10/h4-8H,9H2,1-3H3/q+1. The van der Waals surface area contributed by atoms with Gasteiger partial charge in [-0.3, -0.25) is 0 Å². The largest absolute Gasteiger partial charge is 0.645 e. The van der Waals surface area contributed by atoms with Gasteiger partial charge < -0.3 is 4.74 Å². The van der Waals surface area contributed by atoms with Crippen LogP contribution >= 0.6 is 0 Å². The van der Waals surface area contributed by atoms with E-state index in [1.54, 1.807) is 32.9 Å². The van der Waals surface area contributed by atoms with Gasteiger partial charge in [-0.2, -0.15) is 4.79 Å². The molecular formula is C12H16NO3+. The smallest absolute Gasteiger partial charge is 0.403 e. The van der Waals surface area contributed by atoms with E-state index in [4.69, 9.17) is 4.74 Å². The lowest BCUT2D eigenvalue weighted by Gasteiger charge is -2.14. The van der Waals surface area contributed by atoms with Gasteiger partial charge in [0.15, 0.2) is 0 Å². The second kappa shape index (κ2) is 4.88. The Morgan fingerprint density at radius 1 is 1.25 bits per heavy atom. The maximum atomic E-state index is 11.4. The number of benzene rings is 1. The number of ether oxygens (including phenoxy) is 1. The van der Waals surface area contributed by atoms with E-state index in [9.17, 15) is 9.70 Å². The summed E-state index contributed by atoms with van der Waals surface area (Å²) in [4.78, 5) is 22.8. The molecule has 4 nitrogen and oxygen atoms in total. The van der Waals surface area contributed by atoms with Crippen LogP contribution in [0.5, 0.6) is 0 Å². The van der Waals surface area contributed by atoms with Crippen LogP contribution in [-0.4, -0.2) is 16.5 Å². The van der Waals surface area contributed by atoms with Crippen LogP contribution in [0.3, 0.4) is 0 Å². The Morgan fingerprint density at radius 3 is 2.31 bits per heavy atom. The van der Waals surface area contributed by atoms with E-state index < -0.39 is 11.7 Å². The molecule has 0 aromatic heterocycles. The molecular weight excluding hydrogens is 206 g/mol. The first-order valence-corrected chi connectivity index (χ1v) is 5.10. The molecule has 4 heteroatoms. The third-order valence-corrected chi connectivity index (χ3v) is 1.77. The average molecular weight is 222 g/mol. The molecule has 86 valence electrons. The van der Waals surface area contributed by atoms with Crippen molar-refractivity contribution in [1.82, 2.24) is 0 Å². The molecule has 0 heterocycles. The van der Waals surface area contributed by atoms with E-state index in [2.05, 4.69) is 0 Å². The van der Waals surface area contributed by atoms with E-state index in [0.29, 0.717) is 4.76 Å². The second-order valence-electron chi connectivity index (χ2n) is 4.50. The quantitative estimate of drug-likeness (QED) is 0.723. The Balaban J connectivity index is 2.57. The number of carbonyl (C=O) groups is 1. The summed E-state index contributed by atoms with van der Waals surface area (Å²) in [6, 6.07) is 9.06. The molecule has 0 saturated carbocycles. The van der Waals surface area contributed by atoms with Crippen LogP contribution in [0.2, 0.25) is 0 Å². The van der Waals surface area contributed by atoms with Crippen molar-refractivity contribution >= 4 is 6.09 Å². The fraction of sp³-hybridized carbons (Fsp3) is 0.417. The molecule has 1 aromatic carbocycles. The van der Waals surface area contributed by atoms with Crippen molar-refractivity contribution in [2.24, 2.45) is 0 Å². The minimum atomic E-state index is -0.851. The van der Waals surface area contributed by atoms with Crippen molar-refractivity contribution in [2.75, 3.05) is 0 Å². The molecule has 1 rings (SSSR count). The summed E-state index contributed by atoms with van der Waals surface area (Å²) in [5, 5.41) is 0. The normalized spacial score (nSPS) is 10.9. The summed E-state index contributed by atoms with van der Waals surface area (Å²) in [5.74, 6) is 0. The summed E-state index contributed by atoms with van der Waals surface area (Å²) < 4.78 is 5.27. The highest BCUT2D eigenvalue weighted by Crippen LogP contribution is 2.09. The molecule has 0 N–H and O–H groups in total. The molecule has 0 fully saturated rings. The van der Waals surface area contributed by atoms with Gasteiger partial charge in [-0.1, -0.05) is 30.3 Å². The zero-order valence-electron chi connectivity index (χ0n) is 9.77. The van der Waals surface area contributed by atoms with E-state index in [1.807, 2.05) is 18.2 Å². The zero-order chi connectivity index (χ0) is 12.2. The van der Waals surface area contributed by atoms with Crippen molar-refractivity contribution in [3.8, 4) is 0 Å². The number of rotatable bonds is 2. The van der Waals surface area contributed by atoms with E-state index in [-0.39, 0.29) is 6.54 Å². The lowest BCUT2D eigenvalue weighted by atomic mass is 10.2. The van der Waals surface area contributed by atoms with Crippen molar-refractivity contribution < 1.29 is 14.3 Å². The zero-order valence-corrected chi connectivity index (χ0v) is 9.77. The first-order valence-electron chi connectivity index (χ1n) is 5.10. The Labute approximate surface area is 94.8 Å². The average Bonchev–Trinajstić information content (AvgIpc) is 2.16. The van der Waals surface area contributed by atoms with Crippen molar-refractivity contribution in [3.05, 3.63) is 40.8 Å². The second-order valence-corrected chi connectivity index (χ2v) is 4.50. The number of hydrogen-bond donors (Lipinski definition) is 0. The van der Waals surface area contributed by atoms with Gasteiger partial charge in [0.25, 0.3) is 0 Å². The van der Waals surface area contributed by atoms with Crippen LogP contribution in [0.1, 0.15) is 26.3 Å². The van der Waals surface area contributed by atoms with Gasteiger partial charge >= 0.3 is 6.09 Å². The number of carbonyl (C=O) groups excluding carboxylic acids is 1. The van der Waals surface area contributed by atoms with E-state index in [1.165, 1.54) is 0 Å². The first-order chi connectivity index (χ1) is 7.38. The minimum absolute atomic E-state index is 0.00968. The van der Waals surface area contributed by atoms with Gasteiger partial charge in [-0.15, -0.1) is 0 Å². The fourth-order valence-corrected chi connectivity index (χ4v) is 1.13. The predicted octanol–water partition coefficient (Wildman–Crippen LogP) is 2.90. The van der Waals surface area contributed by atoms with Gasteiger partial charge in [0, 0.05) is 10.5 Å². The molecule has 16 heavy (non-hydrogen) atoms.